The van der Waals surface area contributed by atoms with E-state index < -0.39 is 0 Å². The summed E-state index contributed by atoms with van der Waals surface area (Å²) in [7, 11) is 0. The standard InChI is InChI=1S/C10H22S2/c1-2-10(9-12)7-5-3-4-6-8-11/h10-12H,2-9H2,1H3. The Labute approximate surface area is 88.3 Å². The molecule has 0 saturated carbocycles. The number of thiol groups is 2. The summed E-state index contributed by atoms with van der Waals surface area (Å²) in [5.74, 6) is 2.96. The molecule has 1 atom stereocenters. The van der Waals surface area contributed by atoms with Crippen molar-refractivity contribution in [3.05, 3.63) is 0 Å². The summed E-state index contributed by atoms with van der Waals surface area (Å²) >= 11 is 8.51. The molecule has 0 aromatic rings. The molecule has 0 radical (unpaired) electrons. The van der Waals surface area contributed by atoms with Crippen LogP contribution in [0.5, 0.6) is 0 Å². The van der Waals surface area contributed by atoms with E-state index in [1.165, 1.54) is 38.5 Å². The van der Waals surface area contributed by atoms with Gasteiger partial charge in [-0.2, -0.15) is 25.3 Å². The molecular weight excluding hydrogens is 184 g/mol. The molecule has 0 amide bonds. The van der Waals surface area contributed by atoms with Gasteiger partial charge in [-0.15, -0.1) is 0 Å². The molecule has 1 unspecified atom stereocenters. The van der Waals surface area contributed by atoms with Crippen molar-refractivity contribution in [2.75, 3.05) is 11.5 Å². The van der Waals surface area contributed by atoms with E-state index in [0.717, 1.165) is 17.4 Å². The quantitative estimate of drug-likeness (QED) is 0.438. The third-order valence-corrected chi connectivity index (χ3v) is 3.19. The van der Waals surface area contributed by atoms with Crippen LogP contribution in [0.4, 0.5) is 0 Å². The van der Waals surface area contributed by atoms with E-state index in [9.17, 15) is 0 Å². The largest absolute Gasteiger partial charge is 0.179 e. The molecule has 0 fully saturated rings. The van der Waals surface area contributed by atoms with Crippen molar-refractivity contribution in [2.24, 2.45) is 5.92 Å². The number of unbranched alkanes of at least 4 members (excludes halogenated alkanes) is 3. The summed E-state index contributed by atoms with van der Waals surface area (Å²) in [6, 6.07) is 0. The van der Waals surface area contributed by atoms with Crippen LogP contribution in [0.1, 0.15) is 45.4 Å². The molecule has 0 heterocycles. The van der Waals surface area contributed by atoms with Crippen molar-refractivity contribution in [1.82, 2.24) is 0 Å². The third-order valence-electron chi connectivity index (χ3n) is 2.36. The third kappa shape index (κ3) is 7.35. The summed E-state index contributed by atoms with van der Waals surface area (Å²) in [4.78, 5) is 0. The van der Waals surface area contributed by atoms with E-state index in [1.54, 1.807) is 0 Å². The smallest absolute Gasteiger partial charge is 0.00696 e. The number of rotatable bonds is 8. The van der Waals surface area contributed by atoms with Gasteiger partial charge in [0.1, 0.15) is 0 Å². The molecule has 0 spiro atoms. The summed E-state index contributed by atoms with van der Waals surface area (Å²) in [5, 5.41) is 0. The molecule has 0 aromatic carbocycles. The Balaban J connectivity index is 3.06. The van der Waals surface area contributed by atoms with E-state index in [1.807, 2.05) is 0 Å². The summed E-state index contributed by atoms with van der Waals surface area (Å²) in [6.45, 7) is 2.26. The van der Waals surface area contributed by atoms with Crippen LogP contribution >= 0.6 is 25.3 Å². The van der Waals surface area contributed by atoms with E-state index in [2.05, 4.69) is 32.2 Å². The molecule has 0 aliphatic heterocycles. The monoisotopic (exact) mass is 206 g/mol. The van der Waals surface area contributed by atoms with Gasteiger partial charge in [0, 0.05) is 0 Å². The fourth-order valence-electron chi connectivity index (χ4n) is 1.32. The molecule has 0 aliphatic carbocycles. The van der Waals surface area contributed by atoms with Crippen LogP contribution in [0, 0.1) is 5.92 Å². The maximum atomic E-state index is 4.33. The van der Waals surface area contributed by atoms with Crippen LogP contribution in [0.25, 0.3) is 0 Å². The highest BCUT2D eigenvalue weighted by molar-refractivity contribution is 7.80. The number of hydrogen-bond donors (Lipinski definition) is 2. The Kier molecular flexibility index (Phi) is 10.4. The summed E-state index contributed by atoms with van der Waals surface area (Å²) in [5.41, 5.74) is 0. The first kappa shape index (κ1) is 12.7. The van der Waals surface area contributed by atoms with E-state index in [0.29, 0.717) is 0 Å². The summed E-state index contributed by atoms with van der Waals surface area (Å²) < 4.78 is 0. The Morgan fingerprint density at radius 2 is 1.67 bits per heavy atom. The molecule has 0 aromatic heterocycles. The zero-order valence-electron chi connectivity index (χ0n) is 8.13. The maximum absolute atomic E-state index is 4.33. The molecule has 0 aliphatic rings. The molecule has 0 nitrogen and oxygen atoms in total. The van der Waals surface area contributed by atoms with Crippen molar-refractivity contribution in [3.63, 3.8) is 0 Å². The first-order chi connectivity index (χ1) is 5.85. The molecule has 0 N–H and O–H groups in total. The molecule has 74 valence electrons. The molecule has 0 bridgehead atoms. The maximum Gasteiger partial charge on any atom is -0.00696 e. The minimum atomic E-state index is 0.851. The molecule has 2 heteroatoms. The predicted octanol–water partition coefficient (Wildman–Crippen LogP) is 3.82. The minimum Gasteiger partial charge on any atom is -0.179 e. The zero-order chi connectivity index (χ0) is 9.23. The highest BCUT2D eigenvalue weighted by Crippen LogP contribution is 2.15. The highest BCUT2D eigenvalue weighted by atomic mass is 32.1. The predicted molar refractivity (Wildman–Crippen MR) is 64.6 cm³/mol. The first-order valence-corrected chi connectivity index (χ1v) is 6.33. The normalized spacial score (nSPS) is 13.2. The van der Waals surface area contributed by atoms with Gasteiger partial charge in [0.2, 0.25) is 0 Å². The Hall–Kier alpha value is 0.700. The summed E-state index contributed by atoms with van der Waals surface area (Å²) in [6.07, 6.45) is 8.05. The SMILES string of the molecule is CCC(CS)CCCCCCS. The van der Waals surface area contributed by atoms with Crippen molar-refractivity contribution >= 4 is 25.3 Å². The second-order valence-corrected chi connectivity index (χ2v) is 4.20. The van der Waals surface area contributed by atoms with Crippen molar-refractivity contribution in [2.45, 2.75) is 45.4 Å². The van der Waals surface area contributed by atoms with Gasteiger partial charge >= 0.3 is 0 Å². The van der Waals surface area contributed by atoms with Crippen LogP contribution in [0.3, 0.4) is 0 Å². The number of hydrogen-bond acceptors (Lipinski definition) is 2. The second kappa shape index (κ2) is 9.79. The van der Waals surface area contributed by atoms with Gasteiger partial charge in [0.15, 0.2) is 0 Å². The van der Waals surface area contributed by atoms with Crippen molar-refractivity contribution < 1.29 is 0 Å². The lowest BCUT2D eigenvalue weighted by Crippen LogP contribution is -1.99. The van der Waals surface area contributed by atoms with Crippen LogP contribution < -0.4 is 0 Å². The van der Waals surface area contributed by atoms with Crippen LogP contribution in [-0.2, 0) is 0 Å². The van der Waals surface area contributed by atoms with Gasteiger partial charge in [-0.25, -0.2) is 0 Å². The van der Waals surface area contributed by atoms with Crippen LogP contribution in [-0.4, -0.2) is 11.5 Å². The molecule has 12 heavy (non-hydrogen) atoms. The minimum absolute atomic E-state index is 0.851. The van der Waals surface area contributed by atoms with Gasteiger partial charge in [0.25, 0.3) is 0 Å². The van der Waals surface area contributed by atoms with Gasteiger partial charge in [0.05, 0.1) is 0 Å². The fourth-order valence-corrected chi connectivity index (χ4v) is 1.99. The van der Waals surface area contributed by atoms with Crippen LogP contribution in [0.2, 0.25) is 0 Å². The second-order valence-electron chi connectivity index (χ2n) is 3.38. The average molecular weight is 206 g/mol. The Bertz CT molecular complexity index is 79.9. The molecule has 0 rings (SSSR count). The Morgan fingerprint density at radius 3 is 2.17 bits per heavy atom. The molecule has 0 saturated heterocycles. The van der Waals surface area contributed by atoms with Gasteiger partial charge in [-0.3, -0.25) is 0 Å². The van der Waals surface area contributed by atoms with E-state index in [4.69, 9.17) is 0 Å². The van der Waals surface area contributed by atoms with Gasteiger partial charge in [-0.05, 0) is 30.3 Å². The van der Waals surface area contributed by atoms with Crippen molar-refractivity contribution in [1.29, 1.82) is 0 Å². The molecular formula is C10H22S2. The lowest BCUT2D eigenvalue weighted by Gasteiger charge is -2.10. The van der Waals surface area contributed by atoms with Gasteiger partial charge in [-0.1, -0.05) is 32.6 Å². The lowest BCUT2D eigenvalue weighted by atomic mass is 10.0. The van der Waals surface area contributed by atoms with E-state index in [-0.39, 0.29) is 0 Å². The lowest BCUT2D eigenvalue weighted by molar-refractivity contribution is 0.485. The highest BCUT2D eigenvalue weighted by Gasteiger charge is 2.02. The van der Waals surface area contributed by atoms with E-state index >= 15 is 0 Å². The van der Waals surface area contributed by atoms with Crippen LogP contribution in [0.15, 0.2) is 0 Å². The first-order valence-electron chi connectivity index (χ1n) is 5.06. The van der Waals surface area contributed by atoms with Crippen molar-refractivity contribution in [3.8, 4) is 0 Å². The fraction of sp³-hybridized carbons (Fsp3) is 1.00. The Morgan fingerprint density at radius 1 is 1.00 bits per heavy atom. The average Bonchev–Trinajstić information content (AvgIpc) is 2.11. The topological polar surface area (TPSA) is 0 Å². The zero-order valence-corrected chi connectivity index (χ0v) is 9.92. The van der Waals surface area contributed by atoms with Gasteiger partial charge < -0.3 is 0 Å².